The molecule has 0 amide bonds. The van der Waals surface area contributed by atoms with Crippen molar-refractivity contribution in [3.63, 3.8) is 0 Å². The zero-order valence-electron chi connectivity index (χ0n) is 11.7. The Kier molecular flexibility index (Phi) is 5.16. The molecule has 0 aliphatic carbocycles. The number of rotatable bonds is 5. The van der Waals surface area contributed by atoms with Crippen molar-refractivity contribution in [2.24, 2.45) is 5.41 Å². The number of hydrogen-bond acceptors (Lipinski definition) is 3. The molecule has 1 N–H and O–H groups in total. The highest BCUT2D eigenvalue weighted by Gasteiger charge is 2.29. The van der Waals surface area contributed by atoms with E-state index in [2.05, 4.69) is 55.4 Å². The van der Waals surface area contributed by atoms with E-state index in [1.54, 1.807) is 0 Å². The van der Waals surface area contributed by atoms with Gasteiger partial charge in [0.25, 0.3) is 0 Å². The minimum absolute atomic E-state index is 0.493. The highest BCUT2D eigenvalue weighted by molar-refractivity contribution is 7.99. The van der Waals surface area contributed by atoms with Crippen LogP contribution < -0.4 is 5.32 Å². The van der Waals surface area contributed by atoms with Crippen molar-refractivity contribution in [1.82, 2.24) is 5.32 Å². The third-order valence-corrected chi connectivity index (χ3v) is 6.12. The van der Waals surface area contributed by atoms with Crippen molar-refractivity contribution >= 4 is 23.1 Å². The summed E-state index contributed by atoms with van der Waals surface area (Å²) in [4.78, 5) is 1.50. The molecule has 102 valence electrons. The maximum Gasteiger partial charge on any atom is 0.0417 e. The summed E-state index contributed by atoms with van der Waals surface area (Å²) in [6, 6.07) is 5.69. The lowest BCUT2D eigenvalue weighted by atomic mass is 9.87. The number of hydrogen-bond donors (Lipinski definition) is 1. The molecule has 0 saturated carbocycles. The lowest BCUT2D eigenvalue weighted by Gasteiger charge is -2.37. The molecule has 2 heterocycles. The third kappa shape index (κ3) is 4.01. The van der Waals surface area contributed by atoms with Crippen LogP contribution in [0.5, 0.6) is 0 Å². The molecule has 1 saturated heterocycles. The molecule has 0 aromatic carbocycles. The van der Waals surface area contributed by atoms with Crippen LogP contribution in [-0.2, 0) is 0 Å². The van der Waals surface area contributed by atoms with E-state index in [0.29, 0.717) is 17.5 Å². The second kappa shape index (κ2) is 6.44. The largest absolute Gasteiger partial charge is 0.306 e. The zero-order chi connectivity index (χ0) is 13.0. The number of nitrogens with one attached hydrogen (secondary N) is 1. The molecule has 1 aromatic heterocycles. The summed E-state index contributed by atoms with van der Waals surface area (Å²) in [5, 5.41) is 6.10. The average Bonchev–Trinajstić information content (AvgIpc) is 2.80. The fourth-order valence-electron chi connectivity index (χ4n) is 2.74. The topological polar surface area (TPSA) is 12.0 Å². The molecule has 1 nitrogen and oxygen atoms in total. The van der Waals surface area contributed by atoms with Gasteiger partial charge in [0, 0.05) is 22.7 Å². The van der Waals surface area contributed by atoms with E-state index in [4.69, 9.17) is 0 Å². The predicted octanol–water partition coefficient (Wildman–Crippen LogP) is 4.71. The third-order valence-electron chi connectivity index (χ3n) is 3.51. The van der Waals surface area contributed by atoms with Crippen LogP contribution in [-0.4, -0.2) is 17.5 Å². The van der Waals surface area contributed by atoms with E-state index < -0.39 is 0 Å². The number of thioether (sulfide) groups is 1. The summed E-state index contributed by atoms with van der Waals surface area (Å²) in [6.45, 7) is 7.07. The molecule has 0 bridgehead atoms. The molecule has 18 heavy (non-hydrogen) atoms. The predicted molar refractivity (Wildman–Crippen MR) is 84.6 cm³/mol. The van der Waals surface area contributed by atoms with Crippen LogP contribution in [0.3, 0.4) is 0 Å². The smallest absolute Gasteiger partial charge is 0.0417 e. The first-order valence-electron chi connectivity index (χ1n) is 6.98. The van der Waals surface area contributed by atoms with E-state index in [-0.39, 0.29) is 0 Å². The fourth-order valence-corrected chi connectivity index (χ4v) is 4.85. The highest BCUT2D eigenvalue weighted by atomic mass is 32.2. The Hall–Kier alpha value is 0.01000. The van der Waals surface area contributed by atoms with Crippen LogP contribution in [0.1, 0.15) is 51.0 Å². The normalized spacial score (nSPS) is 24.9. The Labute approximate surface area is 120 Å². The molecule has 2 rings (SSSR count). The average molecular weight is 284 g/mol. The standard InChI is InChI=1S/C15H25NS2/c1-4-6-13(14-7-5-8-18-14)16-12-9-15(2,3)11-17-10-12/h5,7-8,12-13,16H,4,6,9-11H2,1-3H3. The van der Waals surface area contributed by atoms with E-state index in [1.807, 2.05) is 11.3 Å². The van der Waals surface area contributed by atoms with E-state index in [1.165, 1.54) is 35.6 Å². The van der Waals surface area contributed by atoms with Gasteiger partial charge in [0.05, 0.1) is 0 Å². The van der Waals surface area contributed by atoms with Gasteiger partial charge in [-0.2, -0.15) is 11.8 Å². The zero-order valence-corrected chi connectivity index (χ0v) is 13.4. The minimum atomic E-state index is 0.493. The maximum absolute atomic E-state index is 3.90. The first-order valence-corrected chi connectivity index (χ1v) is 9.01. The van der Waals surface area contributed by atoms with Gasteiger partial charge in [0.1, 0.15) is 0 Å². The summed E-state index contributed by atoms with van der Waals surface area (Å²) in [5.41, 5.74) is 0.493. The Morgan fingerprint density at radius 3 is 2.94 bits per heavy atom. The maximum atomic E-state index is 3.90. The van der Waals surface area contributed by atoms with Gasteiger partial charge in [0.15, 0.2) is 0 Å². The van der Waals surface area contributed by atoms with E-state index >= 15 is 0 Å². The Morgan fingerprint density at radius 1 is 1.50 bits per heavy atom. The van der Waals surface area contributed by atoms with Gasteiger partial charge < -0.3 is 5.32 Å². The van der Waals surface area contributed by atoms with Crippen molar-refractivity contribution in [2.45, 2.75) is 52.1 Å². The van der Waals surface area contributed by atoms with Crippen molar-refractivity contribution in [3.05, 3.63) is 22.4 Å². The van der Waals surface area contributed by atoms with Crippen molar-refractivity contribution in [1.29, 1.82) is 0 Å². The molecule has 1 aliphatic heterocycles. The van der Waals surface area contributed by atoms with Gasteiger partial charge in [-0.3, -0.25) is 0 Å². The molecule has 1 aromatic rings. The minimum Gasteiger partial charge on any atom is -0.306 e. The van der Waals surface area contributed by atoms with E-state index in [0.717, 1.165) is 0 Å². The molecule has 1 fully saturated rings. The first-order chi connectivity index (χ1) is 8.61. The Balaban J connectivity index is 1.96. The van der Waals surface area contributed by atoms with Gasteiger partial charge >= 0.3 is 0 Å². The van der Waals surface area contributed by atoms with Gasteiger partial charge in [-0.25, -0.2) is 0 Å². The van der Waals surface area contributed by atoms with Gasteiger partial charge in [-0.15, -0.1) is 11.3 Å². The molecular weight excluding hydrogens is 258 g/mol. The van der Waals surface area contributed by atoms with Crippen LogP contribution in [0.15, 0.2) is 17.5 Å². The monoisotopic (exact) mass is 283 g/mol. The quantitative estimate of drug-likeness (QED) is 0.840. The molecule has 1 aliphatic rings. The Bertz CT molecular complexity index is 345. The molecule has 3 heteroatoms. The first kappa shape index (κ1) is 14.4. The molecule has 2 unspecified atom stereocenters. The van der Waals surface area contributed by atoms with Crippen molar-refractivity contribution < 1.29 is 0 Å². The van der Waals surface area contributed by atoms with Crippen LogP contribution >= 0.6 is 23.1 Å². The molecule has 0 radical (unpaired) electrons. The lowest BCUT2D eigenvalue weighted by molar-refractivity contribution is 0.297. The van der Waals surface area contributed by atoms with Crippen LogP contribution in [0.25, 0.3) is 0 Å². The second-order valence-corrected chi connectivity index (χ2v) is 8.11. The van der Waals surface area contributed by atoms with Crippen LogP contribution in [0.2, 0.25) is 0 Å². The van der Waals surface area contributed by atoms with Crippen LogP contribution in [0, 0.1) is 5.41 Å². The molecule has 2 atom stereocenters. The summed E-state index contributed by atoms with van der Waals surface area (Å²) < 4.78 is 0. The number of thiophene rings is 1. The lowest BCUT2D eigenvalue weighted by Crippen LogP contribution is -2.41. The summed E-state index contributed by atoms with van der Waals surface area (Å²) >= 11 is 4.00. The van der Waals surface area contributed by atoms with Gasteiger partial charge in [-0.1, -0.05) is 33.3 Å². The summed E-state index contributed by atoms with van der Waals surface area (Å²) in [7, 11) is 0. The van der Waals surface area contributed by atoms with Gasteiger partial charge in [-0.05, 0) is 35.5 Å². The van der Waals surface area contributed by atoms with Crippen molar-refractivity contribution in [3.8, 4) is 0 Å². The Morgan fingerprint density at radius 2 is 2.33 bits per heavy atom. The summed E-state index contributed by atoms with van der Waals surface area (Å²) in [5.74, 6) is 2.58. The molecule has 0 spiro atoms. The fraction of sp³-hybridized carbons (Fsp3) is 0.733. The second-order valence-electron chi connectivity index (χ2n) is 6.10. The molecular formula is C15H25NS2. The van der Waals surface area contributed by atoms with Crippen LogP contribution in [0.4, 0.5) is 0 Å². The van der Waals surface area contributed by atoms with Crippen molar-refractivity contribution in [2.75, 3.05) is 11.5 Å². The van der Waals surface area contributed by atoms with Gasteiger partial charge in [0.2, 0.25) is 0 Å². The van der Waals surface area contributed by atoms with E-state index in [9.17, 15) is 0 Å². The SMILES string of the molecule is CCCC(NC1CSCC(C)(C)C1)c1cccs1. The highest BCUT2D eigenvalue weighted by Crippen LogP contribution is 2.35. The summed E-state index contributed by atoms with van der Waals surface area (Å²) in [6.07, 6.45) is 3.81.